The Hall–Kier alpha value is -1.46. The highest BCUT2D eigenvalue weighted by Gasteiger charge is 2.23. The summed E-state index contributed by atoms with van der Waals surface area (Å²) >= 11 is 3.12. The van der Waals surface area contributed by atoms with Gasteiger partial charge in [-0.2, -0.15) is 0 Å². The van der Waals surface area contributed by atoms with Crippen molar-refractivity contribution in [2.45, 2.75) is 6.04 Å². The number of piperazine rings is 1. The first-order chi connectivity index (χ1) is 10.1. The molecule has 1 aliphatic heterocycles. The summed E-state index contributed by atoms with van der Waals surface area (Å²) in [6, 6.07) is 12.6. The molecule has 1 aliphatic rings. The first kappa shape index (κ1) is 14.5. The third-order valence-corrected chi connectivity index (χ3v) is 4.32. The number of halogens is 3. The van der Waals surface area contributed by atoms with E-state index < -0.39 is 11.6 Å². The molecule has 1 atom stereocenters. The molecule has 0 radical (unpaired) electrons. The van der Waals surface area contributed by atoms with E-state index >= 15 is 0 Å². The van der Waals surface area contributed by atoms with E-state index in [-0.39, 0.29) is 10.5 Å². The van der Waals surface area contributed by atoms with Gasteiger partial charge in [-0.15, -0.1) is 0 Å². The summed E-state index contributed by atoms with van der Waals surface area (Å²) in [4.78, 5) is 1.95. The van der Waals surface area contributed by atoms with Gasteiger partial charge in [-0.3, -0.25) is 0 Å². The molecular formula is C16H15BrF2N2. The SMILES string of the molecule is Fc1cc(F)c(N2CCNC(c3ccccc3)C2)cc1Br. The van der Waals surface area contributed by atoms with Gasteiger partial charge < -0.3 is 10.2 Å². The van der Waals surface area contributed by atoms with Crippen LogP contribution in [-0.2, 0) is 0 Å². The van der Waals surface area contributed by atoms with Crippen LogP contribution < -0.4 is 10.2 Å². The standard InChI is InChI=1S/C16H15BrF2N2/c17-12-8-16(14(19)9-13(12)18)21-7-6-20-15(10-21)11-4-2-1-3-5-11/h1-5,8-9,15,20H,6-7,10H2. The van der Waals surface area contributed by atoms with E-state index in [0.29, 0.717) is 18.8 Å². The molecule has 3 rings (SSSR count). The minimum atomic E-state index is -0.578. The fraction of sp³-hybridized carbons (Fsp3) is 0.250. The second-order valence-electron chi connectivity index (χ2n) is 5.08. The number of nitrogens with one attached hydrogen (secondary N) is 1. The minimum absolute atomic E-state index is 0.142. The molecule has 1 saturated heterocycles. The van der Waals surface area contributed by atoms with Crippen LogP contribution in [0.3, 0.4) is 0 Å². The van der Waals surface area contributed by atoms with E-state index in [4.69, 9.17) is 0 Å². The molecule has 110 valence electrons. The van der Waals surface area contributed by atoms with Crippen molar-refractivity contribution in [2.24, 2.45) is 0 Å². The van der Waals surface area contributed by atoms with Crippen molar-refractivity contribution >= 4 is 21.6 Å². The maximum Gasteiger partial charge on any atom is 0.149 e. The van der Waals surface area contributed by atoms with E-state index in [2.05, 4.69) is 33.4 Å². The summed E-state index contributed by atoms with van der Waals surface area (Å²) in [5.74, 6) is -1.10. The van der Waals surface area contributed by atoms with Gasteiger partial charge >= 0.3 is 0 Å². The summed E-state index contributed by atoms with van der Waals surface area (Å²) in [6.07, 6.45) is 0. The van der Waals surface area contributed by atoms with Crippen LogP contribution >= 0.6 is 15.9 Å². The van der Waals surface area contributed by atoms with Gasteiger partial charge in [0.1, 0.15) is 11.6 Å². The lowest BCUT2D eigenvalue weighted by atomic mass is 10.0. The Morgan fingerprint density at radius 1 is 1.10 bits per heavy atom. The van der Waals surface area contributed by atoms with Crippen molar-refractivity contribution in [3.8, 4) is 0 Å². The first-order valence-electron chi connectivity index (χ1n) is 6.83. The van der Waals surface area contributed by atoms with Crippen molar-refractivity contribution in [3.63, 3.8) is 0 Å². The lowest BCUT2D eigenvalue weighted by Gasteiger charge is -2.35. The number of hydrogen-bond acceptors (Lipinski definition) is 2. The number of anilines is 1. The van der Waals surface area contributed by atoms with Gasteiger partial charge in [-0.05, 0) is 27.6 Å². The Balaban J connectivity index is 1.85. The van der Waals surface area contributed by atoms with E-state index in [1.54, 1.807) is 0 Å². The van der Waals surface area contributed by atoms with Crippen LogP contribution in [0.25, 0.3) is 0 Å². The quantitative estimate of drug-likeness (QED) is 0.825. The van der Waals surface area contributed by atoms with Gasteiger partial charge in [0.05, 0.1) is 10.2 Å². The van der Waals surface area contributed by atoms with Crippen molar-refractivity contribution in [1.82, 2.24) is 5.32 Å². The van der Waals surface area contributed by atoms with Crippen molar-refractivity contribution in [3.05, 3.63) is 64.1 Å². The third-order valence-electron chi connectivity index (χ3n) is 3.71. The molecule has 5 heteroatoms. The van der Waals surface area contributed by atoms with E-state index in [1.807, 2.05) is 23.1 Å². The van der Waals surface area contributed by atoms with Crippen molar-refractivity contribution in [1.29, 1.82) is 0 Å². The fourth-order valence-electron chi connectivity index (χ4n) is 2.63. The number of hydrogen-bond donors (Lipinski definition) is 1. The molecular weight excluding hydrogens is 338 g/mol. The predicted molar refractivity (Wildman–Crippen MR) is 83.5 cm³/mol. The maximum absolute atomic E-state index is 14.0. The number of rotatable bonds is 2. The Labute approximate surface area is 130 Å². The molecule has 2 aromatic rings. The molecule has 2 aromatic carbocycles. The molecule has 0 amide bonds. The Morgan fingerprint density at radius 2 is 1.86 bits per heavy atom. The van der Waals surface area contributed by atoms with Crippen LogP contribution in [0.5, 0.6) is 0 Å². The average Bonchev–Trinajstić information content (AvgIpc) is 2.52. The van der Waals surface area contributed by atoms with Gasteiger partial charge in [-0.1, -0.05) is 30.3 Å². The normalized spacial score (nSPS) is 18.8. The lowest BCUT2D eigenvalue weighted by molar-refractivity contribution is 0.465. The number of nitrogens with zero attached hydrogens (tertiary/aromatic N) is 1. The Bertz CT molecular complexity index is 634. The maximum atomic E-state index is 14.0. The zero-order valence-corrected chi connectivity index (χ0v) is 12.9. The van der Waals surface area contributed by atoms with Crippen molar-refractivity contribution < 1.29 is 8.78 Å². The van der Waals surface area contributed by atoms with Crippen LogP contribution in [0, 0.1) is 11.6 Å². The summed E-state index contributed by atoms with van der Waals surface area (Å²) in [7, 11) is 0. The lowest BCUT2D eigenvalue weighted by Crippen LogP contribution is -2.46. The molecule has 21 heavy (non-hydrogen) atoms. The minimum Gasteiger partial charge on any atom is -0.366 e. The van der Waals surface area contributed by atoms with Gasteiger partial charge in [0, 0.05) is 31.7 Å². The number of benzene rings is 2. The molecule has 0 bridgehead atoms. The van der Waals surface area contributed by atoms with Crippen LogP contribution in [0.4, 0.5) is 14.5 Å². The molecule has 0 aromatic heterocycles. The molecule has 0 saturated carbocycles. The topological polar surface area (TPSA) is 15.3 Å². The highest BCUT2D eigenvalue weighted by atomic mass is 79.9. The molecule has 1 unspecified atom stereocenters. The molecule has 0 spiro atoms. The largest absolute Gasteiger partial charge is 0.366 e. The van der Waals surface area contributed by atoms with Gasteiger partial charge in [0.25, 0.3) is 0 Å². The van der Waals surface area contributed by atoms with Gasteiger partial charge in [-0.25, -0.2) is 8.78 Å². The van der Waals surface area contributed by atoms with Gasteiger partial charge in [0.2, 0.25) is 0 Å². The molecule has 1 heterocycles. The molecule has 1 N–H and O–H groups in total. The van der Waals surface area contributed by atoms with Crippen LogP contribution in [-0.4, -0.2) is 19.6 Å². The zero-order chi connectivity index (χ0) is 14.8. The molecule has 0 aliphatic carbocycles. The highest BCUT2D eigenvalue weighted by molar-refractivity contribution is 9.10. The first-order valence-corrected chi connectivity index (χ1v) is 7.62. The summed E-state index contributed by atoms with van der Waals surface area (Å²) in [6.45, 7) is 2.10. The highest BCUT2D eigenvalue weighted by Crippen LogP contribution is 2.29. The third kappa shape index (κ3) is 3.09. The van der Waals surface area contributed by atoms with E-state index in [9.17, 15) is 8.78 Å². The van der Waals surface area contributed by atoms with Gasteiger partial charge in [0.15, 0.2) is 0 Å². The fourth-order valence-corrected chi connectivity index (χ4v) is 2.96. The Morgan fingerprint density at radius 3 is 2.62 bits per heavy atom. The molecule has 2 nitrogen and oxygen atoms in total. The second kappa shape index (κ2) is 6.12. The smallest absolute Gasteiger partial charge is 0.149 e. The second-order valence-corrected chi connectivity index (χ2v) is 5.94. The average molecular weight is 353 g/mol. The molecule has 1 fully saturated rings. The van der Waals surface area contributed by atoms with Crippen LogP contribution in [0.1, 0.15) is 11.6 Å². The Kier molecular flexibility index (Phi) is 4.22. The van der Waals surface area contributed by atoms with E-state index in [0.717, 1.165) is 12.6 Å². The van der Waals surface area contributed by atoms with Crippen molar-refractivity contribution in [2.75, 3.05) is 24.5 Å². The predicted octanol–water partition coefficient (Wildman–Crippen LogP) is 3.88. The van der Waals surface area contributed by atoms with E-state index in [1.165, 1.54) is 11.6 Å². The summed E-state index contributed by atoms with van der Waals surface area (Å²) in [5.41, 5.74) is 1.61. The summed E-state index contributed by atoms with van der Waals surface area (Å²) in [5, 5.41) is 3.43. The van der Waals surface area contributed by atoms with Crippen LogP contribution in [0.15, 0.2) is 46.9 Å². The zero-order valence-electron chi connectivity index (χ0n) is 11.3. The van der Waals surface area contributed by atoms with Crippen LogP contribution in [0.2, 0.25) is 0 Å². The summed E-state index contributed by atoms with van der Waals surface area (Å²) < 4.78 is 27.7. The monoisotopic (exact) mass is 352 g/mol.